The van der Waals surface area contributed by atoms with Gasteiger partial charge in [-0.05, 0) is 43.9 Å². The number of nitrogens with zero attached hydrogens (tertiary/aromatic N) is 2. The van der Waals surface area contributed by atoms with Gasteiger partial charge in [-0.3, -0.25) is 19.2 Å². The van der Waals surface area contributed by atoms with Crippen molar-refractivity contribution in [1.29, 1.82) is 0 Å². The maximum Gasteiger partial charge on any atom is 0.423 e. The number of hydrogen-bond donors (Lipinski definition) is 1. The van der Waals surface area contributed by atoms with E-state index in [1.807, 2.05) is 6.08 Å². The van der Waals surface area contributed by atoms with Crippen LogP contribution in [0.5, 0.6) is 11.5 Å². The molecule has 0 aromatic heterocycles. The van der Waals surface area contributed by atoms with Crippen LogP contribution in [0.15, 0.2) is 60.2 Å². The summed E-state index contributed by atoms with van der Waals surface area (Å²) >= 11 is 0. The maximum absolute atomic E-state index is 14.3. The Kier molecular flexibility index (Phi) is 5.83. The molecule has 5 amide bonds. The quantitative estimate of drug-likeness (QED) is 0.460. The van der Waals surface area contributed by atoms with Crippen molar-refractivity contribution in [3.05, 3.63) is 65.7 Å². The van der Waals surface area contributed by atoms with Crippen molar-refractivity contribution < 1.29 is 38.6 Å². The van der Waals surface area contributed by atoms with E-state index in [0.717, 1.165) is 7.11 Å². The van der Waals surface area contributed by atoms with Crippen molar-refractivity contribution in [1.82, 2.24) is 4.90 Å². The molecule has 3 fully saturated rings. The van der Waals surface area contributed by atoms with Gasteiger partial charge in [0.2, 0.25) is 23.6 Å². The smallest absolute Gasteiger partial charge is 0.423 e. The Morgan fingerprint density at radius 1 is 0.950 bits per heavy atom. The number of hydrogen-bond acceptors (Lipinski definition) is 8. The Balaban J connectivity index is 1.54. The summed E-state index contributed by atoms with van der Waals surface area (Å²) < 4.78 is 10.1. The van der Waals surface area contributed by atoms with Crippen LogP contribution in [0, 0.1) is 29.1 Å². The van der Waals surface area contributed by atoms with E-state index in [4.69, 9.17) is 9.47 Å². The number of anilines is 1. The van der Waals surface area contributed by atoms with Gasteiger partial charge in [0.15, 0.2) is 11.5 Å². The van der Waals surface area contributed by atoms with E-state index in [2.05, 4.69) is 0 Å². The predicted molar refractivity (Wildman–Crippen MR) is 140 cm³/mol. The number of imide groups is 4. The fourth-order valence-electron chi connectivity index (χ4n) is 7.39. The highest BCUT2D eigenvalue weighted by atomic mass is 16.5. The molecule has 1 N–H and O–H groups in total. The summed E-state index contributed by atoms with van der Waals surface area (Å²) in [5.41, 5.74) is 0.201. The van der Waals surface area contributed by atoms with E-state index in [1.54, 1.807) is 55.5 Å². The van der Waals surface area contributed by atoms with Gasteiger partial charge in [0.25, 0.3) is 0 Å². The molecule has 2 aromatic rings. The Bertz CT molecular complexity index is 1500. The summed E-state index contributed by atoms with van der Waals surface area (Å²) in [5.74, 6) is -6.05. The third-order valence-corrected chi connectivity index (χ3v) is 9.21. The molecule has 0 radical (unpaired) electrons. The third kappa shape index (κ3) is 3.25. The number of rotatable bonds is 3. The molecule has 6 rings (SSSR count). The fraction of sp³-hybridized carbons (Fsp3) is 0.367. The lowest BCUT2D eigenvalue weighted by molar-refractivity contribution is -0.138. The first-order valence-corrected chi connectivity index (χ1v) is 13.1. The van der Waals surface area contributed by atoms with Crippen molar-refractivity contribution >= 4 is 35.4 Å². The highest BCUT2D eigenvalue weighted by Gasteiger charge is 2.68. The van der Waals surface area contributed by atoms with E-state index in [-0.39, 0.29) is 24.3 Å². The first kappa shape index (κ1) is 25.8. The number of carbonyl (C=O) groups is 5. The van der Waals surface area contributed by atoms with Crippen molar-refractivity contribution in [3.8, 4) is 11.5 Å². The summed E-state index contributed by atoms with van der Waals surface area (Å²) in [6.45, 7) is 1.73. The number of fused-ring (bicyclic) bond motifs is 4. The first-order chi connectivity index (χ1) is 19.2. The van der Waals surface area contributed by atoms with Gasteiger partial charge in [-0.25, -0.2) is 9.69 Å². The molecule has 1 saturated carbocycles. The van der Waals surface area contributed by atoms with Crippen LogP contribution in [0.4, 0.5) is 10.5 Å². The maximum atomic E-state index is 14.3. The van der Waals surface area contributed by atoms with Crippen LogP contribution in [-0.2, 0) is 23.9 Å². The fourth-order valence-corrected chi connectivity index (χ4v) is 7.39. The van der Waals surface area contributed by atoms with Crippen LogP contribution in [0.1, 0.15) is 31.2 Å². The zero-order valence-electron chi connectivity index (χ0n) is 22.2. The molecule has 2 aliphatic carbocycles. The molecule has 0 unspecified atom stereocenters. The second-order valence-electron chi connectivity index (χ2n) is 10.9. The average molecular weight is 545 g/mol. The number of phenols is 1. The number of likely N-dealkylation sites (tertiary alicyclic amines) is 1. The van der Waals surface area contributed by atoms with Gasteiger partial charge in [0.05, 0.1) is 43.1 Å². The Morgan fingerprint density at radius 3 is 2.35 bits per heavy atom. The number of methoxy groups -OCH3 is 2. The topological polar surface area (TPSA) is 131 Å². The number of allylic oxidation sites excluding steroid dienone is 2. The van der Waals surface area contributed by atoms with Crippen LogP contribution >= 0.6 is 0 Å². The number of ether oxygens (including phenoxy) is 2. The van der Waals surface area contributed by atoms with E-state index in [9.17, 15) is 29.1 Å². The number of aromatic hydroxyl groups is 1. The molecule has 2 aliphatic heterocycles. The molecule has 0 spiro atoms. The van der Waals surface area contributed by atoms with Crippen molar-refractivity contribution in [3.63, 3.8) is 0 Å². The molecule has 40 heavy (non-hydrogen) atoms. The van der Waals surface area contributed by atoms with Gasteiger partial charge >= 0.3 is 6.09 Å². The van der Waals surface area contributed by atoms with Crippen LogP contribution in [0.3, 0.4) is 0 Å². The van der Waals surface area contributed by atoms with Gasteiger partial charge in [-0.2, -0.15) is 4.90 Å². The van der Waals surface area contributed by atoms with Crippen LogP contribution in [0.25, 0.3) is 0 Å². The highest BCUT2D eigenvalue weighted by molar-refractivity contribution is 6.24. The zero-order valence-corrected chi connectivity index (χ0v) is 22.2. The van der Waals surface area contributed by atoms with E-state index >= 15 is 0 Å². The number of amides is 5. The lowest BCUT2D eigenvalue weighted by Gasteiger charge is -2.49. The summed E-state index contributed by atoms with van der Waals surface area (Å²) in [6.07, 6.45) is 1.09. The molecule has 2 saturated heterocycles. The summed E-state index contributed by atoms with van der Waals surface area (Å²) in [5, 5.41) is 11.3. The second-order valence-corrected chi connectivity index (χ2v) is 10.9. The van der Waals surface area contributed by atoms with Crippen LogP contribution in [0.2, 0.25) is 0 Å². The van der Waals surface area contributed by atoms with E-state index < -0.39 is 64.7 Å². The van der Waals surface area contributed by atoms with Gasteiger partial charge in [0.1, 0.15) is 0 Å². The zero-order chi connectivity index (χ0) is 28.5. The standard InChI is InChI=1S/C30H28N2O8/c1-30-20(26(35)31(28(30)37)15-8-5-4-6-9-15)14-19-16(23(30)18-10-7-11-21(39-2)24(18)33)12-13-17-22(19)27(36)32(25(17)34)29(38)40-3/h4-12,17,19-20,22-23,33H,13-14H2,1-3H3/t17-,19+,20-,22-,23+,30+/m0/s1. The predicted octanol–water partition coefficient (Wildman–Crippen LogP) is 3.40. The number of carbonyl (C=O) groups excluding carboxylic acids is 5. The van der Waals surface area contributed by atoms with E-state index in [1.165, 1.54) is 12.0 Å². The number of phenolic OH excluding ortho intramolecular Hbond substituents is 1. The number of para-hydroxylation sites is 2. The second kappa shape index (κ2) is 9.04. The Hall–Kier alpha value is -4.47. The monoisotopic (exact) mass is 544 g/mol. The average Bonchev–Trinajstić information content (AvgIpc) is 3.33. The molecule has 6 atom stereocenters. The molecular weight excluding hydrogens is 516 g/mol. The summed E-state index contributed by atoms with van der Waals surface area (Å²) in [6, 6.07) is 13.6. The molecule has 206 valence electrons. The molecular formula is C30H28N2O8. The van der Waals surface area contributed by atoms with Crippen molar-refractivity contribution in [2.75, 3.05) is 19.1 Å². The minimum atomic E-state index is -1.31. The minimum absolute atomic E-state index is 0.132. The lowest BCUT2D eigenvalue weighted by Crippen LogP contribution is -2.49. The molecule has 2 heterocycles. The third-order valence-electron chi connectivity index (χ3n) is 9.21. The van der Waals surface area contributed by atoms with Crippen molar-refractivity contribution in [2.24, 2.45) is 29.1 Å². The van der Waals surface area contributed by atoms with Gasteiger partial charge in [-0.15, -0.1) is 0 Å². The van der Waals surface area contributed by atoms with Gasteiger partial charge in [-0.1, -0.05) is 42.0 Å². The van der Waals surface area contributed by atoms with Gasteiger partial charge < -0.3 is 14.6 Å². The highest BCUT2D eigenvalue weighted by Crippen LogP contribution is 2.64. The lowest BCUT2D eigenvalue weighted by atomic mass is 9.51. The van der Waals surface area contributed by atoms with Crippen LogP contribution in [-0.4, -0.2) is 53.9 Å². The van der Waals surface area contributed by atoms with Crippen molar-refractivity contribution in [2.45, 2.75) is 25.7 Å². The molecule has 10 heteroatoms. The van der Waals surface area contributed by atoms with Crippen LogP contribution < -0.4 is 9.64 Å². The first-order valence-electron chi connectivity index (χ1n) is 13.1. The minimum Gasteiger partial charge on any atom is -0.504 e. The number of benzene rings is 2. The Labute approximate surface area is 230 Å². The molecule has 2 aromatic carbocycles. The molecule has 4 aliphatic rings. The molecule has 10 nitrogen and oxygen atoms in total. The summed E-state index contributed by atoms with van der Waals surface area (Å²) in [7, 11) is 2.52. The SMILES string of the molecule is COC(=O)N1C(=O)[C@H]2[C@H](CC=C3[C@H]2C[C@H]2C(=O)N(c4ccccc4)C(=O)[C@@]2(C)[C@H]3c2cccc(OC)c2O)C1=O. The molecule has 0 bridgehead atoms. The van der Waals surface area contributed by atoms with Gasteiger partial charge in [0, 0.05) is 11.5 Å². The normalized spacial score (nSPS) is 31.0. The Morgan fingerprint density at radius 2 is 1.68 bits per heavy atom. The summed E-state index contributed by atoms with van der Waals surface area (Å²) in [4.78, 5) is 69.1. The van der Waals surface area contributed by atoms with E-state index in [0.29, 0.717) is 21.7 Å². The largest absolute Gasteiger partial charge is 0.504 e.